The Kier molecular flexibility index (Phi) is 8.41. The quantitative estimate of drug-likeness (QED) is 0.451. The van der Waals surface area contributed by atoms with E-state index in [2.05, 4.69) is 46.8 Å². The van der Waals surface area contributed by atoms with E-state index in [1.807, 2.05) is 12.1 Å². The van der Waals surface area contributed by atoms with Crippen LogP contribution >= 0.6 is 0 Å². The van der Waals surface area contributed by atoms with Gasteiger partial charge in [-0.1, -0.05) is 52.2 Å². The normalized spacial score (nSPS) is 12.3. The summed E-state index contributed by atoms with van der Waals surface area (Å²) >= 11 is 0. The number of benzene rings is 2. The molecule has 2 rings (SSSR count). The smallest absolute Gasteiger partial charge is 0.119 e. The largest absolute Gasteiger partial charge is 0.508 e. The lowest BCUT2D eigenvalue weighted by Gasteiger charge is -2.24. The molecule has 0 radical (unpaired) electrons. The SMILES string of the molecule is CCCCc1cc(C(CCC)c2c(O)ccc(CCCC)c2C)c(O)cc1C. The molecule has 154 valence electrons. The zero-order chi connectivity index (χ0) is 20.7. The highest BCUT2D eigenvalue weighted by molar-refractivity contribution is 5.53. The molecular formula is C26H38O2. The van der Waals surface area contributed by atoms with Crippen molar-refractivity contribution < 1.29 is 10.2 Å². The van der Waals surface area contributed by atoms with Crippen LogP contribution < -0.4 is 0 Å². The van der Waals surface area contributed by atoms with E-state index < -0.39 is 0 Å². The molecular weight excluding hydrogens is 344 g/mol. The number of hydrogen-bond donors (Lipinski definition) is 2. The van der Waals surface area contributed by atoms with E-state index in [0.29, 0.717) is 11.5 Å². The van der Waals surface area contributed by atoms with Crippen molar-refractivity contribution in [1.29, 1.82) is 0 Å². The Bertz CT molecular complexity index is 776. The molecule has 28 heavy (non-hydrogen) atoms. The third-order valence-corrected chi connectivity index (χ3v) is 5.99. The maximum atomic E-state index is 10.8. The van der Waals surface area contributed by atoms with Crippen LogP contribution in [0, 0.1) is 13.8 Å². The average molecular weight is 383 g/mol. The molecule has 0 amide bonds. The molecule has 0 heterocycles. The van der Waals surface area contributed by atoms with Crippen molar-refractivity contribution in [2.45, 2.75) is 91.9 Å². The van der Waals surface area contributed by atoms with E-state index in [1.54, 1.807) is 0 Å². The first-order valence-corrected chi connectivity index (χ1v) is 11.1. The van der Waals surface area contributed by atoms with Gasteiger partial charge in [0.25, 0.3) is 0 Å². The van der Waals surface area contributed by atoms with Gasteiger partial charge in [-0.25, -0.2) is 0 Å². The lowest BCUT2D eigenvalue weighted by molar-refractivity contribution is 0.449. The van der Waals surface area contributed by atoms with Crippen LogP contribution in [0.5, 0.6) is 11.5 Å². The van der Waals surface area contributed by atoms with E-state index >= 15 is 0 Å². The van der Waals surface area contributed by atoms with Crippen molar-refractivity contribution in [2.75, 3.05) is 0 Å². The zero-order valence-electron chi connectivity index (χ0n) is 18.4. The molecule has 2 nitrogen and oxygen atoms in total. The highest BCUT2D eigenvalue weighted by Crippen LogP contribution is 2.42. The minimum Gasteiger partial charge on any atom is -0.508 e. The van der Waals surface area contributed by atoms with Crippen LogP contribution in [0.15, 0.2) is 24.3 Å². The van der Waals surface area contributed by atoms with E-state index in [0.717, 1.165) is 68.1 Å². The monoisotopic (exact) mass is 382 g/mol. The lowest BCUT2D eigenvalue weighted by Crippen LogP contribution is -2.08. The highest BCUT2D eigenvalue weighted by atomic mass is 16.3. The molecule has 0 saturated carbocycles. The van der Waals surface area contributed by atoms with Crippen molar-refractivity contribution in [3.63, 3.8) is 0 Å². The van der Waals surface area contributed by atoms with Crippen molar-refractivity contribution in [1.82, 2.24) is 0 Å². The molecule has 1 unspecified atom stereocenters. The fourth-order valence-electron chi connectivity index (χ4n) is 4.25. The van der Waals surface area contributed by atoms with E-state index in [4.69, 9.17) is 0 Å². The van der Waals surface area contributed by atoms with Crippen LogP contribution in [0.2, 0.25) is 0 Å². The van der Waals surface area contributed by atoms with E-state index in [9.17, 15) is 10.2 Å². The molecule has 1 atom stereocenters. The lowest BCUT2D eigenvalue weighted by atomic mass is 9.81. The number of aryl methyl sites for hydroxylation is 3. The van der Waals surface area contributed by atoms with Gasteiger partial charge < -0.3 is 10.2 Å². The van der Waals surface area contributed by atoms with Gasteiger partial charge in [-0.05, 0) is 80.3 Å². The van der Waals surface area contributed by atoms with Crippen molar-refractivity contribution in [2.24, 2.45) is 0 Å². The van der Waals surface area contributed by atoms with Crippen LogP contribution in [0.4, 0.5) is 0 Å². The van der Waals surface area contributed by atoms with Gasteiger partial charge in [-0.15, -0.1) is 0 Å². The van der Waals surface area contributed by atoms with E-state index in [1.165, 1.54) is 16.7 Å². The molecule has 0 aliphatic carbocycles. The van der Waals surface area contributed by atoms with Gasteiger partial charge in [0, 0.05) is 17.0 Å². The van der Waals surface area contributed by atoms with Crippen LogP contribution in [-0.4, -0.2) is 10.2 Å². The van der Waals surface area contributed by atoms with Crippen molar-refractivity contribution >= 4 is 0 Å². The summed E-state index contributed by atoms with van der Waals surface area (Å²) in [6.45, 7) is 10.8. The average Bonchev–Trinajstić information content (AvgIpc) is 2.66. The van der Waals surface area contributed by atoms with Crippen LogP contribution in [0.3, 0.4) is 0 Å². The predicted molar refractivity (Wildman–Crippen MR) is 120 cm³/mol. The topological polar surface area (TPSA) is 40.5 Å². The fourth-order valence-corrected chi connectivity index (χ4v) is 4.25. The van der Waals surface area contributed by atoms with Gasteiger partial charge >= 0.3 is 0 Å². The minimum absolute atomic E-state index is 0.0209. The summed E-state index contributed by atoms with van der Waals surface area (Å²) in [6.07, 6.45) is 8.61. The summed E-state index contributed by atoms with van der Waals surface area (Å²) in [5.41, 5.74) is 6.92. The molecule has 0 spiro atoms. The van der Waals surface area contributed by atoms with Crippen molar-refractivity contribution in [3.05, 3.63) is 57.6 Å². The number of unbranched alkanes of at least 4 members (excludes halogenated alkanes) is 2. The molecule has 2 N–H and O–H groups in total. The second-order valence-electron chi connectivity index (χ2n) is 8.17. The zero-order valence-corrected chi connectivity index (χ0v) is 18.4. The van der Waals surface area contributed by atoms with Gasteiger partial charge in [-0.3, -0.25) is 0 Å². The third-order valence-electron chi connectivity index (χ3n) is 5.99. The Morgan fingerprint density at radius 2 is 1.43 bits per heavy atom. The second kappa shape index (κ2) is 10.5. The van der Waals surface area contributed by atoms with Gasteiger partial charge in [0.05, 0.1) is 0 Å². The number of hydrogen-bond acceptors (Lipinski definition) is 2. The first-order chi connectivity index (χ1) is 13.4. The Balaban J connectivity index is 2.57. The summed E-state index contributed by atoms with van der Waals surface area (Å²) in [7, 11) is 0. The fraction of sp³-hybridized carbons (Fsp3) is 0.538. The Hall–Kier alpha value is -1.96. The summed E-state index contributed by atoms with van der Waals surface area (Å²) < 4.78 is 0. The summed E-state index contributed by atoms with van der Waals surface area (Å²) in [6, 6.07) is 8.02. The van der Waals surface area contributed by atoms with Crippen LogP contribution in [0.25, 0.3) is 0 Å². The molecule has 0 fully saturated rings. The molecule has 0 saturated heterocycles. The Morgan fingerprint density at radius 1 is 0.786 bits per heavy atom. The van der Waals surface area contributed by atoms with Gasteiger partial charge in [0.2, 0.25) is 0 Å². The highest BCUT2D eigenvalue weighted by Gasteiger charge is 2.24. The van der Waals surface area contributed by atoms with Gasteiger partial charge in [-0.2, -0.15) is 0 Å². The number of rotatable bonds is 10. The second-order valence-corrected chi connectivity index (χ2v) is 8.17. The van der Waals surface area contributed by atoms with Crippen LogP contribution in [-0.2, 0) is 12.8 Å². The number of aromatic hydroxyl groups is 2. The number of phenolic OH excluding ortho intramolecular Hbond substituents is 2. The number of phenols is 2. The van der Waals surface area contributed by atoms with Gasteiger partial charge in [0.1, 0.15) is 11.5 Å². The maximum absolute atomic E-state index is 10.8. The first kappa shape index (κ1) is 22.3. The minimum atomic E-state index is 0.0209. The Labute approximate surface area is 171 Å². The van der Waals surface area contributed by atoms with Crippen LogP contribution in [0.1, 0.15) is 98.6 Å². The van der Waals surface area contributed by atoms with Crippen molar-refractivity contribution in [3.8, 4) is 11.5 Å². The maximum Gasteiger partial charge on any atom is 0.119 e. The standard InChI is InChI=1S/C26H38O2/c1-6-9-12-20-14-15-24(27)26(19(20)5)22(11-8-3)23-17-21(13-10-7-2)18(4)16-25(23)28/h14-17,22,27-28H,6-13H2,1-5H3. The molecule has 0 aromatic heterocycles. The third kappa shape index (κ3) is 5.10. The predicted octanol–water partition coefficient (Wildman–Crippen LogP) is 7.33. The molecule has 2 aromatic rings. The first-order valence-electron chi connectivity index (χ1n) is 11.1. The van der Waals surface area contributed by atoms with Gasteiger partial charge in [0.15, 0.2) is 0 Å². The molecule has 0 aliphatic heterocycles. The molecule has 0 aliphatic rings. The Morgan fingerprint density at radius 3 is 2.04 bits per heavy atom. The summed E-state index contributed by atoms with van der Waals surface area (Å²) in [5.74, 6) is 0.729. The molecule has 0 bridgehead atoms. The van der Waals surface area contributed by atoms with E-state index in [-0.39, 0.29) is 5.92 Å². The summed E-state index contributed by atoms with van der Waals surface area (Å²) in [5, 5.41) is 21.6. The molecule has 2 heteroatoms. The summed E-state index contributed by atoms with van der Waals surface area (Å²) in [4.78, 5) is 0. The molecule has 2 aromatic carbocycles.